The van der Waals surface area contributed by atoms with E-state index in [0.29, 0.717) is 12.0 Å². The van der Waals surface area contributed by atoms with E-state index in [1.54, 1.807) is 0 Å². The van der Waals surface area contributed by atoms with Crippen molar-refractivity contribution in [3.8, 4) is 0 Å². The summed E-state index contributed by atoms with van der Waals surface area (Å²) < 4.78 is 0.862. The number of hydrogen-bond donors (Lipinski definition) is 1. The van der Waals surface area contributed by atoms with Crippen molar-refractivity contribution in [2.45, 2.75) is 72.1 Å². The molecule has 2 rings (SSSR count). The predicted octanol–water partition coefficient (Wildman–Crippen LogP) is 4.46. The number of rotatable bonds is 4. The lowest BCUT2D eigenvalue weighted by molar-refractivity contribution is -0.936. The molecule has 1 N–H and O–H groups in total. The average Bonchev–Trinajstić information content (AvgIpc) is 2.41. The van der Waals surface area contributed by atoms with Gasteiger partial charge in [-0.15, -0.1) is 0 Å². The Balaban J connectivity index is 2.26. The molecule has 1 fully saturated rings. The highest BCUT2D eigenvalue weighted by Gasteiger charge is 2.48. The van der Waals surface area contributed by atoms with Crippen molar-refractivity contribution in [1.29, 1.82) is 0 Å². The Kier molecular flexibility index (Phi) is 5.27. The number of aryl methyl sites for hydroxylation is 2. The van der Waals surface area contributed by atoms with Gasteiger partial charge in [-0.05, 0) is 51.0 Å². The van der Waals surface area contributed by atoms with E-state index in [2.05, 4.69) is 66.9 Å². The highest BCUT2D eigenvalue weighted by Crippen LogP contribution is 2.40. The van der Waals surface area contributed by atoms with Gasteiger partial charge in [0.1, 0.15) is 18.2 Å². The third kappa shape index (κ3) is 4.16. The van der Waals surface area contributed by atoms with E-state index in [-0.39, 0.29) is 0 Å². The average molecular weight is 319 g/mol. The van der Waals surface area contributed by atoms with Gasteiger partial charge >= 0.3 is 0 Å². The molecule has 1 aliphatic carbocycles. The van der Waals surface area contributed by atoms with Crippen LogP contribution in [0.5, 0.6) is 0 Å². The van der Waals surface area contributed by atoms with Crippen molar-refractivity contribution < 1.29 is 9.59 Å². The second kappa shape index (κ2) is 6.57. The van der Waals surface area contributed by atoms with Gasteiger partial charge in [-0.1, -0.05) is 37.6 Å². The van der Waals surface area contributed by atoms with Crippen molar-refractivity contribution >= 4 is 0 Å². The monoisotopic (exact) mass is 318 g/mol. The molecule has 0 bridgehead atoms. The summed E-state index contributed by atoms with van der Waals surface area (Å²) in [6, 6.07) is 7.02. The van der Waals surface area contributed by atoms with Gasteiger partial charge in [0.25, 0.3) is 0 Å². The van der Waals surface area contributed by atoms with Crippen molar-refractivity contribution in [3.05, 3.63) is 34.9 Å². The Morgan fingerprint density at radius 3 is 2.52 bits per heavy atom. The molecule has 2 nitrogen and oxygen atoms in total. The Morgan fingerprint density at radius 2 is 1.91 bits per heavy atom. The molecule has 0 aliphatic heterocycles. The SMILES string of the molecule is Cc1ccc(C)c(C[N+](C)(C)C2CC(C(C)C)CCC2(C)O)c1. The van der Waals surface area contributed by atoms with Gasteiger partial charge in [0.05, 0.1) is 14.1 Å². The van der Waals surface area contributed by atoms with E-state index in [4.69, 9.17) is 0 Å². The molecule has 0 saturated heterocycles. The standard InChI is InChI=1S/C21H36NO/c1-15(2)18-10-11-21(5,23)20(13-18)22(6,7)14-19-12-16(3)8-9-17(19)4/h8-9,12,15,18,20,23H,10-11,13-14H2,1-7H3/q+1. The van der Waals surface area contributed by atoms with Crippen molar-refractivity contribution in [2.24, 2.45) is 11.8 Å². The molecule has 0 radical (unpaired) electrons. The van der Waals surface area contributed by atoms with Gasteiger partial charge in [0, 0.05) is 12.0 Å². The van der Waals surface area contributed by atoms with Gasteiger partial charge in [-0.2, -0.15) is 0 Å². The van der Waals surface area contributed by atoms with Crippen LogP contribution in [0.2, 0.25) is 0 Å². The molecule has 1 aromatic rings. The Hall–Kier alpha value is -0.860. The van der Waals surface area contributed by atoms with Crippen LogP contribution in [0.25, 0.3) is 0 Å². The molecule has 2 heteroatoms. The van der Waals surface area contributed by atoms with Crippen LogP contribution >= 0.6 is 0 Å². The number of likely N-dealkylation sites (N-methyl/N-ethyl adjacent to an activating group) is 1. The lowest BCUT2D eigenvalue weighted by Gasteiger charge is -2.50. The zero-order chi connectivity index (χ0) is 17.4. The van der Waals surface area contributed by atoms with Crippen molar-refractivity contribution in [2.75, 3.05) is 14.1 Å². The molecule has 0 heterocycles. The second-order valence-electron chi connectivity index (χ2n) is 9.02. The van der Waals surface area contributed by atoms with Crippen LogP contribution in [0.15, 0.2) is 18.2 Å². The molecule has 0 aromatic heterocycles. The molecule has 0 spiro atoms. The normalized spacial score (nSPS) is 29.1. The molecule has 130 valence electrons. The first-order chi connectivity index (χ1) is 10.5. The molecule has 1 saturated carbocycles. The molecule has 1 aromatic carbocycles. The maximum absolute atomic E-state index is 11.1. The minimum atomic E-state index is -0.563. The van der Waals surface area contributed by atoms with E-state index < -0.39 is 5.60 Å². The van der Waals surface area contributed by atoms with Gasteiger partial charge in [0.2, 0.25) is 0 Å². The van der Waals surface area contributed by atoms with Crippen LogP contribution in [0.3, 0.4) is 0 Å². The molecule has 1 aliphatic rings. The predicted molar refractivity (Wildman–Crippen MR) is 98.3 cm³/mol. The fourth-order valence-corrected chi connectivity index (χ4v) is 4.47. The lowest BCUT2D eigenvalue weighted by atomic mass is 9.71. The maximum Gasteiger partial charge on any atom is 0.118 e. The van der Waals surface area contributed by atoms with E-state index in [1.807, 2.05) is 0 Å². The molecule has 3 atom stereocenters. The van der Waals surface area contributed by atoms with Gasteiger partial charge < -0.3 is 9.59 Å². The van der Waals surface area contributed by atoms with Gasteiger partial charge in [-0.3, -0.25) is 0 Å². The van der Waals surface area contributed by atoms with E-state index in [1.165, 1.54) is 16.7 Å². The first-order valence-electron chi connectivity index (χ1n) is 9.14. The summed E-state index contributed by atoms with van der Waals surface area (Å²) in [4.78, 5) is 0. The Bertz CT molecular complexity index is 545. The number of aliphatic hydroxyl groups is 1. The van der Waals surface area contributed by atoms with Gasteiger partial charge in [-0.25, -0.2) is 0 Å². The summed E-state index contributed by atoms with van der Waals surface area (Å²) >= 11 is 0. The number of benzene rings is 1. The first-order valence-corrected chi connectivity index (χ1v) is 9.14. The summed E-state index contributed by atoms with van der Waals surface area (Å²) in [5, 5.41) is 11.1. The summed E-state index contributed by atoms with van der Waals surface area (Å²) in [6.45, 7) is 12.1. The zero-order valence-electron chi connectivity index (χ0n) is 16.2. The van der Waals surface area contributed by atoms with Crippen molar-refractivity contribution in [1.82, 2.24) is 0 Å². The largest absolute Gasteiger partial charge is 0.384 e. The van der Waals surface area contributed by atoms with Crippen molar-refractivity contribution in [3.63, 3.8) is 0 Å². The molecular formula is C21H36NO+. The van der Waals surface area contributed by atoms with Gasteiger partial charge in [0.15, 0.2) is 0 Å². The van der Waals surface area contributed by atoms with Crippen LogP contribution < -0.4 is 0 Å². The Labute approximate surface area is 143 Å². The summed E-state index contributed by atoms with van der Waals surface area (Å²) in [5.74, 6) is 1.44. The topological polar surface area (TPSA) is 20.2 Å². The van der Waals surface area contributed by atoms with E-state index in [9.17, 15) is 5.11 Å². The number of hydrogen-bond acceptors (Lipinski definition) is 1. The third-order valence-electron chi connectivity index (χ3n) is 6.13. The zero-order valence-corrected chi connectivity index (χ0v) is 16.2. The minimum Gasteiger partial charge on any atom is -0.384 e. The quantitative estimate of drug-likeness (QED) is 0.813. The third-order valence-corrected chi connectivity index (χ3v) is 6.13. The molecule has 0 amide bonds. The smallest absolute Gasteiger partial charge is 0.118 e. The summed E-state index contributed by atoms with van der Waals surface area (Å²) in [6.07, 6.45) is 3.21. The lowest BCUT2D eigenvalue weighted by Crippen LogP contribution is -2.61. The van der Waals surface area contributed by atoms with E-state index >= 15 is 0 Å². The summed E-state index contributed by atoms with van der Waals surface area (Å²) in [5.41, 5.74) is 3.53. The fraction of sp³-hybridized carbons (Fsp3) is 0.714. The second-order valence-corrected chi connectivity index (χ2v) is 9.02. The molecule has 23 heavy (non-hydrogen) atoms. The van der Waals surface area contributed by atoms with Crippen LogP contribution in [-0.4, -0.2) is 35.3 Å². The van der Waals surface area contributed by atoms with E-state index in [0.717, 1.165) is 36.2 Å². The highest BCUT2D eigenvalue weighted by molar-refractivity contribution is 5.29. The minimum absolute atomic E-state index is 0.295. The Morgan fingerprint density at radius 1 is 1.26 bits per heavy atom. The maximum atomic E-state index is 11.1. The van der Waals surface area contributed by atoms with Crippen LogP contribution in [0.4, 0.5) is 0 Å². The first kappa shape index (κ1) is 18.5. The molecule has 3 unspecified atom stereocenters. The summed E-state index contributed by atoms with van der Waals surface area (Å²) in [7, 11) is 4.59. The van der Waals surface area contributed by atoms with Crippen LogP contribution in [0.1, 0.15) is 56.7 Å². The fourth-order valence-electron chi connectivity index (χ4n) is 4.47. The van der Waals surface area contributed by atoms with Crippen LogP contribution in [-0.2, 0) is 6.54 Å². The van der Waals surface area contributed by atoms with Crippen LogP contribution in [0, 0.1) is 25.7 Å². The number of quaternary nitrogens is 1. The highest BCUT2D eigenvalue weighted by atomic mass is 16.3. The molecular weight excluding hydrogens is 282 g/mol. The number of nitrogens with zero attached hydrogens (tertiary/aromatic N) is 1.